The molecule has 0 aliphatic rings. The molecule has 0 aromatic rings. The van der Waals surface area contributed by atoms with Crippen LogP contribution in [0.1, 0.15) is 46.5 Å². The molecule has 0 heterocycles. The molecule has 0 saturated heterocycles. The lowest BCUT2D eigenvalue weighted by atomic mass is 10.1. The molecule has 0 aromatic carbocycles. The number of hydrogen-bond acceptors (Lipinski definition) is 0. The van der Waals surface area contributed by atoms with Crippen molar-refractivity contribution in [2.45, 2.75) is 46.5 Å². The normalized spacial score (nSPS) is 13.7. The van der Waals surface area contributed by atoms with E-state index < -0.39 is 0 Å². The number of hydrogen-bond donors (Lipinski definition) is 0. The lowest BCUT2D eigenvalue weighted by Gasteiger charge is -1.97. The summed E-state index contributed by atoms with van der Waals surface area (Å²) >= 11 is 0. The van der Waals surface area contributed by atoms with Gasteiger partial charge in [0.2, 0.25) is 0 Å². The van der Waals surface area contributed by atoms with Gasteiger partial charge in [-0.15, -0.1) is 0 Å². The summed E-state index contributed by atoms with van der Waals surface area (Å²) in [4.78, 5) is 0. The second-order valence-corrected chi connectivity index (χ2v) is 3.22. The summed E-state index contributed by atoms with van der Waals surface area (Å²) in [6, 6.07) is 0. The maximum atomic E-state index is 12.3. The van der Waals surface area contributed by atoms with Gasteiger partial charge in [0.1, 0.15) is 0 Å². The van der Waals surface area contributed by atoms with Crippen LogP contribution in [-0.4, -0.2) is 0 Å². The predicted molar refractivity (Wildman–Crippen MR) is 52.8 cm³/mol. The molecule has 0 saturated carbocycles. The van der Waals surface area contributed by atoms with Crippen LogP contribution >= 0.6 is 0 Å². The van der Waals surface area contributed by atoms with Gasteiger partial charge in [-0.05, 0) is 32.8 Å². The SMILES string of the molecule is CCCCCC(C)=CC=C(C)F. The Morgan fingerprint density at radius 3 is 2.33 bits per heavy atom. The molecule has 0 fully saturated rings. The molecule has 0 nitrogen and oxygen atoms in total. The zero-order chi connectivity index (χ0) is 9.40. The highest BCUT2D eigenvalue weighted by atomic mass is 19.1. The van der Waals surface area contributed by atoms with Gasteiger partial charge in [-0.1, -0.05) is 31.4 Å². The van der Waals surface area contributed by atoms with Crippen molar-refractivity contribution >= 4 is 0 Å². The topological polar surface area (TPSA) is 0 Å². The van der Waals surface area contributed by atoms with E-state index in [9.17, 15) is 4.39 Å². The Balaban J connectivity index is 3.63. The van der Waals surface area contributed by atoms with Gasteiger partial charge in [0.05, 0.1) is 5.83 Å². The molecule has 0 unspecified atom stereocenters. The van der Waals surface area contributed by atoms with Crippen molar-refractivity contribution in [3.05, 3.63) is 23.6 Å². The zero-order valence-electron chi connectivity index (χ0n) is 8.36. The van der Waals surface area contributed by atoms with Gasteiger partial charge >= 0.3 is 0 Å². The zero-order valence-corrected chi connectivity index (χ0v) is 8.36. The lowest BCUT2D eigenvalue weighted by molar-refractivity contribution is 0.640. The Hall–Kier alpha value is -0.590. The summed E-state index contributed by atoms with van der Waals surface area (Å²) in [5.74, 6) is -0.121. The monoisotopic (exact) mass is 170 g/mol. The third kappa shape index (κ3) is 7.52. The third-order valence-corrected chi connectivity index (χ3v) is 1.77. The molecular weight excluding hydrogens is 151 g/mol. The minimum Gasteiger partial charge on any atom is -0.212 e. The molecule has 0 N–H and O–H groups in total. The molecule has 0 atom stereocenters. The van der Waals surface area contributed by atoms with Gasteiger partial charge in [0, 0.05) is 0 Å². The molecule has 0 amide bonds. The van der Waals surface area contributed by atoms with Crippen molar-refractivity contribution in [1.29, 1.82) is 0 Å². The van der Waals surface area contributed by atoms with E-state index in [1.807, 2.05) is 6.08 Å². The van der Waals surface area contributed by atoms with E-state index in [0.717, 1.165) is 6.42 Å². The van der Waals surface area contributed by atoms with E-state index in [-0.39, 0.29) is 5.83 Å². The first-order valence-corrected chi connectivity index (χ1v) is 4.66. The summed E-state index contributed by atoms with van der Waals surface area (Å²) in [6.07, 6.45) is 8.22. The average Bonchev–Trinajstić information content (AvgIpc) is 2.01. The van der Waals surface area contributed by atoms with E-state index in [2.05, 4.69) is 13.8 Å². The van der Waals surface area contributed by atoms with Gasteiger partial charge in [-0.25, -0.2) is 4.39 Å². The highest BCUT2D eigenvalue weighted by Gasteiger charge is 1.88. The van der Waals surface area contributed by atoms with E-state index in [1.165, 1.54) is 37.8 Å². The second-order valence-electron chi connectivity index (χ2n) is 3.22. The van der Waals surface area contributed by atoms with Gasteiger partial charge in [0.15, 0.2) is 0 Å². The Morgan fingerprint density at radius 2 is 1.83 bits per heavy atom. The van der Waals surface area contributed by atoms with Crippen LogP contribution in [-0.2, 0) is 0 Å². The Morgan fingerprint density at radius 1 is 1.17 bits per heavy atom. The first-order valence-electron chi connectivity index (χ1n) is 4.66. The fourth-order valence-corrected chi connectivity index (χ4v) is 0.994. The van der Waals surface area contributed by atoms with Gasteiger partial charge in [0.25, 0.3) is 0 Å². The third-order valence-electron chi connectivity index (χ3n) is 1.77. The fraction of sp³-hybridized carbons (Fsp3) is 0.636. The molecule has 0 rings (SSSR count). The summed E-state index contributed by atoms with van der Waals surface area (Å²) < 4.78 is 12.3. The number of rotatable bonds is 5. The quantitative estimate of drug-likeness (QED) is 0.424. The van der Waals surface area contributed by atoms with E-state index in [1.54, 1.807) is 0 Å². The summed E-state index contributed by atoms with van der Waals surface area (Å²) in [5.41, 5.74) is 1.26. The van der Waals surface area contributed by atoms with Crippen molar-refractivity contribution in [1.82, 2.24) is 0 Å². The maximum Gasteiger partial charge on any atom is 0.0968 e. The summed E-state index contributed by atoms with van der Waals surface area (Å²) in [5, 5.41) is 0. The summed E-state index contributed by atoms with van der Waals surface area (Å²) in [7, 11) is 0. The molecule has 1 heteroatoms. The highest BCUT2D eigenvalue weighted by Crippen LogP contribution is 2.08. The molecule has 0 radical (unpaired) electrons. The highest BCUT2D eigenvalue weighted by molar-refractivity contribution is 5.11. The van der Waals surface area contributed by atoms with Crippen molar-refractivity contribution in [3.8, 4) is 0 Å². The lowest BCUT2D eigenvalue weighted by Crippen LogP contribution is -1.77. The second kappa shape index (κ2) is 7.08. The fourth-order valence-electron chi connectivity index (χ4n) is 0.994. The molecular formula is C11H19F. The van der Waals surface area contributed by atoms with E-state index in [0.29, 0.717) is 0 Å². The van der Waals surface area contributed by atoms with Crippen LogP contribution in [0, 0.1) is 0 Å². The molecule has 70 valence electrons. The van der Waals surface area contributed by atoms with E-state index >= 15 is 0 Å². The Labute approximate surface area is 75.2 Å². The smallest absolute Gasteiger partial charge is 0.0968 e. The average molecular weight is 170 g/mol. The van der Waals surface area contributed by atoms with Crippen LogP contribution in [0.4, 0.5) is 4.39 Å². The summed E-state index contributed by atoms with van der Waals surface area (Å²) in [6.45, 7) is 5.70. The molecule has 0 spiro atoms. The molecule has 0 aliphatic carbocycles. The van der Waals surface area contributed by atoms with Crippen LogP contribution in [0.3, 0.4) is 0 Å². The molecule has 0 aliphatic heterocycles. The maximum absolute atomic E-state index is 12.3. The Kier molecular flexibility index (Phi) is 6.73. The number of allylic oxidation sites excluding steroid dienone is 4. The largest absolute Gasteiger partial charge is 0.212 e. The van der Waals surface area contributed by atoms with Crippen LogP contribution in [0.2, 0.25) is 0 Å². The van der Waals surface area contributed by atoms with Gasteiger partial charge in [-0.3, -0.25) is 0 Å². The van der Waals surface area contributed by atoms with Gasteiger partial charge < -0.3 is 0 Å². The number of unbranched alkanes of at least 4 members (excludes halogenated alkanes) is 2. The standard InChI is InChI=1S/C11H19F/c1-4-5-6-7-10(2)8-9-11(3)12/h8-9H,4-7H2,1-3H3. The minimum absolute atomic E-state index is 0.121. The van der Waals surface area contributed by atoms with Crippen molar-refractivity contribution in [3.63, 3.8) is 0 Å². The van der Waals surface area contributed by atoms with Crippen LogP contribution in [0.25, 0.3) is 0 Å². The molecule has 0 aromatic heterocycles. The van der Waals surface area contributed by atoms with Crippen molar-refractivity contribution in [2.75, 3.05) is 0 Å². The van der Waals surface area contributed by atoms with E-state index in [4.69, 9.17) is 0 Å². The predicted octanol–water partition coefficient (Wildman–Crippen LogP) is 4.39. The molecule has 0 bridgehead atoms. The minimum atomic E-state index is -0.121. The number of halogens is 1. The van der Waals surface area contributed by atoms with Gasteiger partial charge in [-0.2, -0.15) is 0 Å². The van der Waals surface area contributed by atoms with Crippen molar-refractivity contribution in [2.24, 2.45) is 0 Å². The first kappa shape index (κ1) is 11.4. The van der Waals surface area contributed by atoms with Crippen molar-refractivity contribution < 1.29 is 4.39 Å². The molecule has 12 heavy (non-hydrogen) atoms. The van der Waals surface area contributed by atoms with Crippen LogP contribution in [0.15, 0.2) is 23.6 Å². The van der Waals surface area contributed by atoms with Crippen LogP contribution < -0.4 is 0 Å². The van der Waals surface area contributed by atoms with Crippen LogP contribution in [0.5, 0.6) is 0 Å². The first-order chi connectivity index (χ1) is 5.66. The Bertz CT molecular complexity index is 162.